The lowest BCUT2D eigenvalue weighted by molar-refractivity contribution is -0.384. The van der Waals surface area contributed by atoms with E-state index in [2.05, 4.69) is 21.0 Å². The number of nitrogens with zero attached hydrogens (tertiary/aromatic N) is 4. The molecule has 1 aromatic heterocycles. The van der Waals surface area contributed by atoms with Gasteiger partial charge in [0.25, 0.3) is 11.2 Å². The monoisotopic (exact) mass is 602 g/mol. The van der Waals surface area contributed by atoms with Crippen molar-refractivity contribution in [3.63, 3.8) is 0 Å². The van der Waals surface area contributed by atoms with Crippen LogP contribution in [0.1, 0.15) is 43.1 Å². The molecule has 4 aromatic rings. The van der Waals surface area contributed by atoms with Crippen molar-refractivity contribution >= 4 is 61.9 Å². The van der Waals surface area contributed by atoms with E-state index in [1.807, 2.05) is 19.9 Å². The van der Waals surface area contributed by atoms with E-state index in [9.17, 15) is 14.9 Å². The van der Waals surface area contributed by atoms with E-state index in [1.54, 1.807) is 36.4 Å². The maximum Gasteiger partial charge on any atom is 0.282 e. The van der Waals surface area contributed by atoms with E-state index < -0.39 is 4.92 Å². The van der Waals surface area contributed by atoms with Gasteiger partial charge in [0.1, 0.15) is 12.4 Å². The molecule has 0 unspecified atom stereocenters. The Kier molecular flexibility index (Phi) is 8.26. The number of halogens is 3. The summed E-state index contributed by atoms with van der Waals surface area (Å²) in [6.07, 6.45) is 2.26. The number of hydrogen-bond donors (Lipinski definition) is 0. The second kappa shape index (κ2) is 11.4. The minimum absolute atomic E-state index is 0.00494. The number of aromatic nitrogens is 2. The van der Waals surface area contributed by atoms with Crippen LogP contribution in [0.15, 0.2) is 69.0 Å². The van der Waals surface area contributed by atoms with Gasteiger partial charge in [0.2, 0.25) is 0 Å². The Morgan fingerprint density at radius 1 is 1.19 bits per heavy atom. The molecule has 0 aliphatic rings. The molecule has 1 heterocycles. The first-order valence-electron chi connectivity index (χ1n) is 11.3. The molecule has 190 valence electrons. The third-order valence-corrected chi connectivity index (χ3v) is 6.79. The minimum atomic E-state index is -0.473. The summed E-state index contributed by atoms with van der Waals surface area (Å²) >= 11 is 16.3. The number of non-ortho nitro benzene ring substituents is 1. The van der Waals surface area contributed by atoms with Gasteiger partial charge in [-0.3, -0.25) is 14.9 Å². The predicted octanol–water partition coefficient (Wildman–Crippen LogP) is 7.35. The van der Waals surface area contributed by atoms with Gasteiger partial charge in [-0.15, -0.1) is 0 Å². The van der Waals surface area contributed by atoms with Gasteiger partial charge in [-0.2, -0.15) is 9.78 Å². The van der Waals surface area contributed by atoms with Crippen LogP contribution in [0.5, 0.6) is 5.75 Å². The molecule has 0 aliphatic carbocycles. The lowest BCUT2D eigenvalue weighted by Gasteiger charge is -2.14. The highest BCUT2D eigenvalue weighted by molar-refractivity contribution is 9.10. The highest BCUT2D eigenvalue weighted by Gasteiger charge is 2.16. The van der Waals surface area contributed by atoms with Crippen LogP contribution in [-0.4, -0.2) is 20.8 Å². The number of ether oxygens (including phenoxy) is 1. The molecule has 8 nitrogen and oxygen atoms in total. The van der Waals surface area contributed by atoms with Gasteiger partial charge in [0.05, 0.1) is 32.1 Å². The fourth-order valence-electron chi connectivity index (χ4n) is 3.61. The first-order valence-corrected chi connectivity index (χ1v) is 12.8. The molecule has 0 saturated carbocycles. The van der Waals surface area contributed by atoms with Crippen LogP contribution in [-0.2, 0) is 6.61 Å². The average Bonchev–Trinajstić information content (AvgIpc) is 2.87. The van der Waals surface area contributed by atoms with Crippen LogP contribution in [0.25, 0.3) is 10.9 Å². The van der Waals surface area contributed by atoms with E-state index in [0.717, 1.165) is 10.9 Å². The molecule has 0 amide bonds. The number of rotatable bonds is 8. The van der Waals surface area contributed by atoms with Crippen LogP contribution in [0.2, 0.25) is 10.0 Å². The third kappa shape index (κ3) is 6.01. The van der Waals surface area contributed by atoms with E-state index in [1.165, 1.54) is 23.0 Å². The van der Waals surface area contributed by atoms with Crippen molar-refractivity contribution in [1.29, 1.82) is 0 Å². The Morgan fingerprint density at radius 3 is 2.59 bits per heavy atom. The zero-order chi connectivity index (χ0) is 26.7. The van der Waals surface area contributed by atoms with E-state index in [4.69, 9.17) is 32.9 Å². The fraction of sp³-hybridized carbons (Fsp3) is 0.192. The largest absolute Gasteiger partial charge is 0.486 e. The Morgan fingerprint density at radius 2 is 1.92 bits per heavy atom. The number of nitro benzene ring substituents is 1. The molecule has 0 radical (unpaired) electrons. The Labute approximate surface area is 230 Å². The van der Waals surface area contributed by atoms with Crippen LogP contribution >= 0.6 is 39.1 Å². The van der Waals surface area contributed by atoms with Crippen LogP contribution < -0.4 is 10.3 Å². The zero-order valence-electron chi connectivity index (χ0n) is 19.8. The third-order valence-electron chi connectivity index (χ3n) is 5.73. The van der Waals surface area contributed by atoms with Gasteiger partial charge in [-0.1, -0.05) is 65.1 Å². The smallest absolute Gasteiger partial charge is 0.282 e. The van der Waals surface area contributed by atoms with Crippen molar-refractivity contribution in [3.05, 3.63) is 107 Å². The molecule has 3 aromatic carbocycles. The summed E-state index contributed by atoms with van der Waals surface area (Å²) in [5.74, 6) is 0.781. The summed E-state index contributed by atoms with van der Waals surface area (Å²) in [6, 6.07) is 14.7. The number of fused-ring (bicyclic) bond motifs is 1. The topological polar surface area (TPSA) is 99.6 Å². The lowest BCUT2D eigenvalue weighted by Crippen LogP contribution is -2.23. The van der Waals surface area contributed by atoms with E-state index in [-0.39, 0.29) is 39.6 Å². The summed E-state index contributed by atoms with van der Waals surface area (Å²) in [5.41, 5.74) is 1.43. The van der Waals surface area contributed by atoms with Crippen molar-refractivity contribution in [3.8, 4) is 5.75 Å². The van der Waals surface area contributed by atoms with E-state index in [0.29, 0.717) is 27.9 Å². The standard InChI is InChI=1S/C26H21BrCl2N4O4/c1-3-15(2)25-31-23-8-7-18(27)12-20(23)26(34)32(25)30-13-17-10-21(28)24(22(29)11-17)37-14-16-5-4-6-19(9-16)33(35)36/h4-13,15H,3,14H2,1-2H3/t15-/m0/s1. The molecule has 4 rings (SSSR count). The first kappa shape index (κ1) is 26.8. The summed E-state index contributed by atoms with van der Waals surface area (Å²) in [5, 5.41) is 16.3. The minimum Gasteiger partial charge on any atom is -0.486 e. The van der Waals surface area contributed by atoms with Crippen molar-refractivity contribution < 1.29 is 9.66 Å². The van der Waals surface area contributed by atoms with Crippen LogP contribution in [0.3, 0.4) is 0 Å². The van der Waals surface area contributed by atoms with Gasteiger partial charge < -0.3 is 4.74 Å². The van der Waals surface area contributed by atoms with Crippen molar-refractivity contribution in [2.45, 2.75) is 32.8 Å². The SMILES string of the molecule is CC[C@H](C)c1nc2ccc(Br)cc2c(=O)n1N=Cc1cc(Cl)c(OCc2cccc([N+](=O)[O-])c2)c(Cl)c1. The van der Waals surface area contributed by atoms with Gasteiger partial charge >= 0.3 is 0 Å². The van der Waals surface area contributed by atoms with Crippen LogP contribution in [0.4, 0.5) is 5.69 Å². The van der Waals surface area contributed by atoms with Gasteiger partial charge in [0.15, 0.2) is 5.75 Å². The molecule has 0 fully saturated rings. The van der Waals surface area contributed by atoms with Gasteiger partial charge in [0, 0.05) is 22.5 Å². The van der Waals surface area contributed by atoms with Crippen molar-refractivity contribution in [1.82, 2.24) is 9.66 Å². The van der Waals surface area contributed by atoms with Crippen molar-refractivity contribution in [2.24, 2.45) is 5.10 Å². The maximum absolute atomic E-state index is 13.3. The van der Waals surface area contributed by atoms with Gasteiger partial charge in [-0.25, -0.2) is 4.98 Å². The lowest BCUT2D eigenvalue weighted by atomic mass is 10.1. The number of nitro groups is 1. The first-order chi connectivity index (χ1) is 17.7. The summed E-state index contributed by atoms with van der Waals surface area (Å²) in [4.78, 5) is 28.5. The second-order valence-corrected chi connectivity index (χ2v) is 10.1. The summed E-state index contributed by atoms with van der Waals surface area (Å²) in [7, 11) is 0. The summed E-state index contributed by atoms with van der Waals surface area (Å²) in [6.45, 7) is 4.04. The molecule has 11 heteroatoms. The molecule has 0 spiro atoms. The molecule has 37 heavy (non-hydrogen) atoms. The number of benzene rings is 3. The molecule has 0 aliphatic heterocycles. The van der Waals surface area contributed by atoms with E-state index >= 15 is 0 Å². The molecule has 0 bridgehead atoms. The molecule has 1 atom stereocenters. The van der Waals surface area contributed by atoms with Gasteiger partial charge in [-0.05, 0) is 47.9 Å². The Bertz CT molecular complexity index is 1570. The quantitative estimate of drug-likeness (QED) is 0.119. The molecule has 0 N–H and O–H groups in total. The zero-order valence-corrected chi connectivity index (χ0v) is 22.9. The number of hydrogen-bond acceptors (Lipinski definition) is 6. The van der Waals surface area contributed by atoms with Crippen molar-refractivity contribution in [2.75, 3.05) is 0 Å². The fourth-order valence-corrected chi connectivity index (χ4v) is 4.58. The highest BCUT2D eigenvalue weighted by atomic mass is 79.9. The molecular formula is C26H21BrCl2N4O4. The molecule has 0 saturated heterocycles. The normalized spacial score (nSPS) is 12.2. The van der Waals surface area contributed by atoms with Crippen LogP contribution in [0, 0.1) is 10.1 Å². The Balaban J connectivity index is 1.64. The maximum atomic E-state index is 13.3. The average molecular weight is 604 g/mol. The Hall–Kier alpha value is -3.27. The predicted molar refractivity (Wildman–Crippen MR) is 149 cm³/mol. The molecular weight excluding hydrogens is 583 g/mol. The second-order valence-electron chi connectivity index (χ2n) is 8.33. The summed E-state index contributed by atoms with van der Waals surface area (Å²) < 4.78 is 7.82. The highest BCUT2D eigenvalue weighted by Crippen LogP contribution is 2.34.